The maximum atomic E-state index is 6.93. The lowest BCUT2D eigenvalue weighted by atomic mass is 9.78. The lowest BCUT2D eigenvalue weighted by Crippen LogP contribution is -2.39. The van der Waals surface area contributed by atoms with Crippen LogP contribution >= 0.6 is 11.6 Å². The molecule has 0 saturated heterocycles. The van der Waals surface area contributed by atoms with Gasteiger partial charge in [0.05, 0.1) is 5.54 Å². The Kier molecular flexibility index (Phi) is 4.02. The number of halogens is 1. The number of aryl methyl sites for hydroxylation is 1. The standard InChI is InChI=1S/C20H18ClN/c1-15-11-13-17(14-12-15)20(22,16-7-3-2-4-8-16)18-9-5-6-10-19(18)21/h2-14H,22H2,1H3. The van der Waals surface area contributed by atoms with Crippen molar-refractivity contribution in [2.45, 2.75) is 12.5 Å². The van der Waals surface area contributed by atoms with Gasteiger partial charge in [-0.25, -0.2) is 0 Å². The maximum absolute atomic E-state index is 6.93. The van der Waals surface area contributed by atoms with Crippen LogP contribution in [-0.2, 0) is 5.54 Å². The van der Waals surface area contributed by atoms with Gasteiger partial charge in [-0.2, -0.15) is 0 Å². The van der Waals surface area contributed by atoms with E-state index in [0.29, 0.717) is 5.02 Å². The average molecular weight is 308 g/mol. The average Bonchev–Trinajstić information content (AvgIpc) is 2.56. The quantitative estimate of drug-likeness (QED) is 0.684. The smallest absolute Gasteiger partial charge is 0.0937 e. The molecule has 2 N–H and O–H groups in total. The predicted octanol–water partition coefficient (Wildman–Crippen LogP) is 4.90. The first kappa shape index (κ1) is 14.8. The SMILES string of the molecule is Cc1ccc(C(N)(c2ccccc2)c2ccccc2Cl)cc1. The van der Waals surface area contributed by atoms with E-state index in [9.17, 15) is 0 Å². The molecule has 3 aromatic carbocycles. The second kappa shape index (κ2) is 5.96. The summed E-state index contributed by atoms with van der Waals surface area (Å²) in [6, 6.07) is 26.2. The molecule has 0 spiro atoms. The number of nitrogens with two attached hydrogens (primary N) is 1. The highest BCUT2D eigenvalue weighted by Crippen LogP contribution is 2.37. The fraction of sp³-hybridized carbons (Fsp3) is 0.100. The van der Waals surface area contributed by atoms with Crippen LogP contribution in [0, 0.1) is 6.92 Å². The predicted molar refractivity (Wildman–Crippen MR) is 93.1 cm³/mol. The zero-order valence-electron chi connectivity index (χ0n) is 12.5. The van der Waals surface area contributed by atoms with Gasteiger partial charge < -0.3 is 5.73 Å². The van der Waals surface area contributed by atoms with Gasteiger partial charge in [-0.3, -0.25) is 0 Å². The normalized spacial score (nSPS) is 13.6. The molecule has 2 heteroatoms. The lowest BCUT2D eigenvalue weighted by Gasteiger charge is -2.32. The molecule has 0 saturated carbocycles. The third-order valence-electron chi connectivity index (χ3n) is 4.03. The zero-order valence-corrected chi connectivity index (χ0v) is 13.2. The zero-order chi connectivity index (χ0) is 15.6. The van der Waals surface area contributed by atoms with Gasteiger partial charge in [-0.15, -0.1) is 0 Å². The summed E-state index contributed by atoms with van der Waals surface area (Å²) in [4.78, 5) is 0. The third-order valence-corrected chi connectivity index (χ3v) is 4.36. The minimum absolute atomic E-state index is 0.675. The van der Waals surface area contributed by atoms with Crippen LogP contribution in [0.4, 0.5) is 0 Å². The molecule has 22 heavy (non-hydrogen) atoms. The largest absolute Gasteiger partial charge is 0.314 e. The van der Waals surface area contributed by atoms with E-state index < -0.39 is 5.54 Å². The van der Waals surface area contributed by atoms with Crippen LogP contribution in [-0.4, -0.2) is 0 Å². The first-order valence-corrected chi connectivity index (χ1v) is 7.67. The van der Waals surface area contributed by atoms with Crippen LogP contribution in [0.15, 0.2) is 78.9 Å². The van der Waals surface area contributed by atoms with Crippen LogP contribution in [0.1, 0.15) is 22.3 Å². The molecule has 1 atom stereocenters. The topological polar surface area (TPSA) is 26.0 Å². The van der Waals surface area contributed by atoms with Crippen molar-refractivity contribution < 1.29 is 0 Å². The maximum Gasteiger partial charge on any atom is 0.0937 e. The summed E-state index contributed by atoms with van der Waals surface area (Å²) >= 11 is 6.46. The molecule has 110 valence electrons. The van der Waals surface area contributed by atoms with Crippen molar-refractivity contribution in [2.75, 3.05) is 0 Å². The Bertz CT molecular complexity index is 765. The van der Waals surface area contributed by atoms with Crippen molar-refractivity contribution in [3.8, 4) is 0 Å². The summed E-state index contributed by atoms with van der Waals surface area (Å²) < 4.78 is 0. The number of benzene rings is 3. The van der Waals surface area contributed by atoms with Crippen LogP contribution in [0.25, 0.3) is 0 Å². The van der Waals surface area contributed by atoms with Crippen molar-refractivity contribution in [3.05, 3.63) is 106 Å². The lowest BCUT2D eigenvalue weighted by molar-refractivity contribution is 0.653. The minimum Gasteiger partial charge on any atom is -0.314 e. The summed E-state index contributed by atoms with van der Waals surface area (Å²) in [7, 11) is 0. The van der Waals surface area contributed by atoms with Gasteiger partial charge >= 0.3 is 0 Å². The van der Waals surface area contributed by atoms with Crippen molar-refractivity contribution >= 4 is 11.6 Å². The molecule has 3 rings (SSSR count). The van der Waals surface area contributed by atoms with Crippen LogP contribution < -0.4 is 5.73 Å². The fourth-order valence-electron chi connectivity index (χ4n) is 2.78. The highest BCUT2D eigenvalue weighted by molar-refractivity contribution is 6.31. The first-order valence-electron chi connectivity index (χ1n) is 7.29. The van der Waals surface area contributed by atoms with Gasteiger partial charge in [0.1, 0.15) is 0 Å². The van der Waals surface area contributed by atoms with Gasteiger partial charge in [-0.1, -0.05) is 90.0 Å². The molecule has 0 aromatic heterocycles. The molecule has 0 radical (unpaired) electrons. The molecule has 1 nitrogen and oxygen atoms in total. The van der Waals surface area contributed by atoms with E-state index in [-0.39, 0.29) is 0 Å². The molecule has 1 unspecified atom stereocenters. The molecule has 0 bridgehead atoms. The third kappa shape index (κ3) is 2.54. The molecule has 0 fully saturated rings. The van der Waals surface area contributed by atoms with E-state index in [0.717, 1.165) is 16.7 Å². The van der Waals surface area contributed by atoms with Crippen molar-refractivity contribution in [1.29, 1.82) is 0 Å². The molecule has 0 aliphatic carbocycles. The number of rotatable bonds is 3. The number of hydrogen-bond acceptors (Lipinski definition) is 1. The summed E-state index contributed by atoms with van der Waals surface area (Å²) in [5, 5.41) is 0.675. The van der Waals surface area contributed by atoms with Gasteiger partial charge in [0.15, 0.2) is 0 Å². The van der Waals surface area contributed by atoms with Crippen molar-refractivity contribution in [1.82, 2.24) is 0 Å². The van der Waals surface area contributed by atoms with E-state index >= 15 is 0 Å². The van der Waals surface area contributed by atoms with E-state index in [1.807, 2.05) is 54.6 Å². The first-order chi connectivity index (χ1) is 10.6. The summed E-state index contributed by atoms with van der Waals surface area (Å²) in [6.45, 7) is 2.07. The Morgan fingerprint density at radius 2 is 1.27 bits per heavy atom. The Balaban J connectivity index is 2.27. The minimum atomic E-state index is -0.771. The van der Waals surface area contributed by atoms with E-state index in [1.54, 1.807) is 0 Å². The summed E-state index contributed by atoms with van der Waals surface area (Å²) in [5.74, 6) is 0. The second-order valence-electron chi connectivity index (χ2n) is 5.52. The molecular weight excluding hydrogens is 290 g/mol. The van der Waals surface area contributed by atoms with Crippen molar-refractivity contribution in [3.63, 3.8) is 0 Å². The van der Waals surface area contributed by atoms with E-state index in [1.165, 1.54) is 5.56 Å². The molecule has 0 aliphatic heterocycles. The van der Waals surface area contributed by atoms with E-state index in [4.69, 9.17) is 17.3 Å². The van der Waals surface area contributed by atoms with Gasteiger partial charge in [-0.05, 0) is 29.7 Å². The van der Waals surface area contributed by atoms with Gasteiger partial charge in [0.25, 0.3) is 0 Å². The molecule has 0 amide bonds. The van der Waals surface area contributed by atoms with Gasteiger partial charge in [0.2, 0.25) is 0 Å². The van der Waals surface area contributed by atoms with E-state index in [2.05, 4.69) is 31.2 Å². The monoisotopic (exact) mass is 307 g/mol. The fourth-order valence-corrected chi connectivity index (χ4v) is 3.06. The van der Waals surface area contributed by atoms with Crippen molar-refractivity contribution in [2.24, 2.45) is 5.73 Å². The highest BCUT2D eigenvalue weighted by atomic mass is 35.5. The molecule has 3 aromatic rings. The Morgan fingerprint density at radius 3 is 1.91 bits per heavy atom. The highest BCUT2D eigenvalue weighted by Gasteiger charge is 2.33. The van der Waals surface area contributed by atoms with Crippen LogP contribution in [0.5, 0.6) is 0 Å². The molecular formula is C20H18ClN. The molecule has 0 aliphatic rings. The van der Waals surface area contributed by atoms with Crippen LogP contribution in [0.2, 0.25) is 5.02 Å². The second-order valence-corrected chi connectivity index (χ2v) is 5.93. The Morgan fingerprint density at radius 1 is 0.727 bits per heavy atom. The summed E-state index contributed by atoms with van der Waals surface area (Å²) in [6.07, 6.45) is 0. The Labute approximate surface area is 136 Å². The number of hydrogen-bond donors (Lipinski definition) is 1. The van der Waals surface area contributed by atoms with Gasteiger partial charge in [0, 0.05) is 5.02 Å². The van der Waals surface area contributed by atoms with Crippen LogP contribution in [0.3, 0.4) is 0 Å². The Hall–Kier alpha value is -2.09. The summed E-state index contributed by atoms with van der Waals surface area (Å²) in [5.41, 5.74) is 10.3. The molecule has 0 heterocycles.